The third kappa shape index (κ3) is 3.50. The molecule has 148 valence electrons. The number of benzene rings is 1. The maximum Gasteiger partial charge on any atom is 0.139 e. The second-order valence-electron chi connectivity index (χ2n) is 7.45. The summed E-state index contributed by atoms with van der Waals surface area (Å²) in [6, 6.07) is 16.2. The van der Waals surface area contributed by atoms with Gasteiger partial charge in [0.2, 0.25) is 0 Å². The number of rotatable bonds is 5. The van der Waals surface area contributed by atoms with Crippen molar-refractivity contribution in [3.05, 3.63) is 83.6 Å². The summed E-state index contributed by atoms with van der Waals surface area (Å²) in [6.45, 7) is 3.39. The van der Waals surface area contributed by atoms with Gasteiger partial charge in [-0.3, -0.25) is 14.3 Å². The van der Waals surface area contributed by atoms with Crippen LogP contribution in [0.5, 0.6) is 0 Å². The largest absolute Gasteiger partial charge is 0.464 e. The molecule has 0 bridgehead atoms. The van der Waals surface area contributed by atoms with Crippen molar-refractivity contribution in [2.24, 2.45) is 7.05 Å². The molecule has 7 heteroatoms. The third-order valence-corrected chi connectivity index (χ3v) is 5.45. The van der Waals surface area contributed by atoms with Gasteiger partial charge in [-0.2, -0.15) is 10.2 Å². The molecule has 0 fully saturated rings. The van der Waals surface area contributed by atoms with Gasteiger partial charge in [0.15, 0.2) is 0 Å². The summed E-state index contributed by atoms with van der Waals surface area (Å²) in [4.78, 5) is 2.40. The number of fused-ring (bicyclic) bond motifs is 1. The normalized spacial score (nSPS) is 15.4. The molecule has 29 heavy (non-hydrogen) atoms. The van der Waals surface area contributed by atoms with Gasteiger partial charge in [-0.25, -0.2) is 0 Å². The van der Waals surface area contributed by atoms with Crippen LogP contribution in [0.25, 0.3) is 11.3 Å². The lowest BCUT2D eigenvalue weighted by Gasteiger charge is -2.27. The van der Waals surface area contributed by atoms with Gasteiger partial charge >= 0.3 is 0 Å². The number of nitrogens with zero attached hydrogens (tertiary/aromatic N) is 5. The fourth-order valence-electron chi connectivity index (χ4n) is 3.94. The number of aromatic nitrogens is 4. The van der Waals surface area contributed by atoms with Gasteiger partial charge in [0.25, 0.3) is 0 Å². The van der Waals surface area contributed by atoms with Gasteiger partial charge in [0, 0.05) is 38.4 Å². The smallest absolute Gasteiger partial charge is 0.139 e. The van der Waals surface area contributed by atoms with Crippen LogP contribution in [-0.2, 0) is 26.7 Å². The highest BCUT2D eigenvalue weighted by Gasteiger charge is 2.23. The monoisotopic (exact) mass is 389 g/mol. The molecule has 3 aromatic heterocycles. The number of aliphatic hydroxyl groups is 1. The number of aliphatic hydroxyl groups excluding tert-OH is 1. The Kier molecular flexibility index (Phi) is 4.54. The lowest BCUT2D eigenvalue weighted by atomic mass is 10.1. The molecule has 7 nitrogen and oxygen atoms in total. The minimum absolute atomic E-state index is 0.672. The van der Waals surface area contributed by atoms with Gasteiger partial charge in [-0.1, -0.05) is 18.2 Å². The summed E-state index contributed by atoms with van der Waals surface area (Å²) < 4.78 is 9.21. The zero-order valence-corrected chi connectivity index (χ0v) is 16.3. The highest BCUT2D eigenvalue weighted by molar-refractivity contribution is 5.58. The second-order valence-corrected chi connectivity index (χ2v) is 7.45. The molecule has 1 aliphatic rings. The van der Waals surface area contributed by atoms with E-state index >= 15 is 0 Å². The van der Waals surface area contributed by atoms with Crippen LogP contribution >= 0.6 is 0 Å². The molecule has 0 amide bonds. The van der Waals surface area contributed by atoms with Gasteiger partial charge in [-0.15, -0.1) is 0 Å². The average Bonchev–Trinajstić information content (AvgIpc) is 3.48. The van der Waals surface area contributed by atoms with Crippen molar-refractivity contribution in [1.29, 1.82) is 0 Å². The van der Waals surface area contributed by atoms with Crippen LogP contribution in [0.4, 0.5) is 0 Å². The molecule has 1 aromatic carbocycles. The fourth-order valence-corrected chi connectivity index (χ4v) is 3.94. The highest BCUT2D eigenvalue weighted by atomic mass is 16.3. The van der Waals surface area contributed by atoms with Crippen LogP contribution in [-0.4, -0.2) is 36.1 Å². The molecule has 1 aliphatic heterocycles. The van der Waals surface area contributed by atoms with Crippen LogP contribution in [0.1, 0.15) is 28.7 Å². The lowest BCUT2D eigenvalue weighted by Crippen LogP contribution is -2.33. The zero-order chi connectivity index (χ0) is 19.8. The van der Waals surface area contributed by atoms with E-state index in [1.54, 1.807) is 17.1 Å². The molecule has 5 rings (SSSR count). The molecule has 0 saturated carbocycles. The Balaban J connectivity index is 1.31. The van der Waals surface area contributed by atoms with Crippen LogP contribution in [0.2, 0.25) is 0 Å². The van der Waals surface area contributed by atoms with E-state index in [-0.39, 0.29) is 0 Å². The van der Waals surface area contributed by atoms with E-state index < -0.39 is 6.10 Å². The Bertz CT molecular complexity index is 1110. The Hall–Kier alpha value is -3.16. The molecule has 4 aromatic rings. The maximum absolute atomic E-state index is 10.7. The minimum Gasteiger partial charge on any atom is -0.464 e. The molecule has 0 radical (unpaired) electrons. The van der Waals surface area contributed by atoms with Crippen molar-refractivity contribution < 1.29 is 9.52 Å². The van der Waals surface area contributed by atoms with Crippen molar-refractivity contribution in [3.8, 4) is 11.3 Å². The van der Waals surface area contributed by atoms with Gasteiger partial charge < -0.3 is 9.52 Å². The molecule has 1 N–H and O–H groups in total. The molecular weight excluding hydrogens is 366 g/mol. The number of furan rings is 1. The highest BCUT2D eigenvalue weighted by Crippen LogP contribution is 2.25. The quantitative estimate of drug-likeness (QED) is 0.568. The summed E-state index contributed by atoms with van der Waals surface area (Å²) in [7, 11) is 1.83. The standard InChI is InChI=1S/C22H23N5O2/c1-25-20(7-8-23-25)22(28)19-13-18-15-26(9-10-27(18)24-19)14-16-4-2-5-17(12-16)21-6-3-11-29-21/h2-8,11-13,22,28H,9-10,14-15H2,1H3. The van der Waals surface area contributed by atoms with Gasteiger partial charge in [-0.05, 0) is 35.9 Å². The van der Waals surface area contributed by atoms with E-state index in [9.17, 15) is 5.11 Å². The van der Waals surface area contributed by atoms with Crippen LogP contribution in [0.15, 0.2) is 65.4 Å². The van der Waals surface area contributed by atoms with Crippen LogP contribution in [0, 0.1) is 0 Å². The summed E-state index contributed by atoms with van der Waals surface area (Å²) in [5.41, 5.74) is 4.88. The van der Waals surface area contributed by atoms with Gasteiger partial charge in [0.05, 0.1) is 29.9 Å². The van der Waals surface area contributed by atoms with Crippen molar-refractivity contribution in [2.45, 2.75) is 25.7 Å². The molecule has 4 heterocycles. The Morgan fingerprint density at radius 1 is 1.14 bits per heavy atom. The topological polar surface area (TPSA) is 72.2 Å². The summed E-state index contributed by atoms with van der Waals surface area (Å²) in [5.74, 6) is 0.886. The molecular formula is C22H23N5O2. The first-order valence-electron chi connectivity index (χ1n) is 9.75. The summed E-state index contributed by atoms with van der Waals surface area (Å²) in [6.07, 6.45) is 2.62. The lowest BCUT2D eigenvalue weighted by molar-refractivity contribution is 0.196. The van der Waals surface area contributed by atoms with Gasteiger partial charge in [0.1, 0.15) is 11.9 Å². The number of hydrogen-bond donors (Lipinski definition) is 1. The maximum atomic E-state index is 10.7. The number of aryl methyl sites for hydroxylation is 1. The fraction of sp³-hybridized carbons (Fsp3) is 0.273. The van der Waals surface area contributed by atoms with E-state index in [1.165, 1.54) is 5.56 Å². The zero-order valence-electron chi connectivity index (χ0n) is 16.3. The SMILES string of the molecule is Cn1nccc1C(O)c1cc2n(n1)CCN(Cc1cccc(-c3ccco3)c1)C2. The Morgan fingerprint density at radius 2 is 2.07 bits per heavy atom. The van der Waals surface area contributed by atoms with Crippen molar-refractivity contribution in [1.82, 2.24) is 24.5 Å². The minimum atomic E-state index is -0.765. The third-order valence-electron chi connectivity index (χ3n) is 5.45. The summed E-state index contributed by atoms with van der Waals surface area (Å²) in [5, 5.41) is 19.4. The first kappa shape index (κ1) is 17.9. The average molecular weight is 389 g/mol. The number of hydrogen-bond acceptors (Lipinski definition) is 5. The van der Waals surface area contributed by atoms with Crippen LogP contribution in [0.3, 0.4) is 0 Å². The molecule has 1 atom stereocenters. The molecule has 0 spiro atoms. The first-order chi connectivity index (χ1) is 14.2. The van der Waals surface area contributed by atoms with Crippen molar-refractivity contribution in [2.75, 3.05) is 6.54 Å². The molecule has 0 aliphatic carbocycles. The molecule has 1 unspecified atom stereocenters. The van der Waals surface area contributed by atoms with Crippen molar-refractivity contribution in [3.63, 3.8) is 0 Å². The van der Waals surface area contributed by atoms with E-state index in [4.69, 9.17) is 4.42 Å². The van der Waals surface area contributed by atoms with Crippen LogP contribution < -0.4 is 0 Å². The predicted octanol–water partition coefficient (Wildman–Crippen LogP) is 2.97. The van der Waals surface area contributed by atoms with E-state index in [2.05, 4.69) is 39.4 Å². The van der Waals surface area contributed by atoms with Crippen molar-refractivity contribution >= 4 is 0 Å². The van der Waals surface area contributed by atoms with E-state index in [1.807, 2.05) is 36.0 Å². The predicted molar refractivity (Wildman–Crippen MR) is 108 cm³/mol. The molecule has 0 saturated heterocycles. The summed E-state index contributed by atoms with van der Waals surface area (Å²) >= 11 is 0. The Labute approximate surface area is 168 Å². The van der Waals surface area contributed by atoms with E-state index in [0.717, 1.165) is 48.9 Å². The van der Waals surface area contributed by atoms with E-state index in [0.29, 0.717) is 5.69 Å². The first-order valence-corrected chi connectivity index (χ1v) is 9.75. The Morgan fingerprint density at radius 3 is 2.86 bits per heavy atom. The second kappa shape index (κ2) is 7.35.